The van der Waals surface area contributed by atoms with Crippen molar-refractivity contribution in [1.29, 1.82) is 0 Å². The first kappa shape index (κ1) is 14.8. The fourth-order valence-electron chi connectivity index (χ4n) is 1.07. The molecule has 0 radical (unpaired) electrons. The molecule has 0 unspecified atom stereocenters. The predicted molar refractivity (Wildman–Crippen MR) is 80.8 cm³/mol. The first-order chi connectivity index (χ1) is 8.54. The molecule has 1 aromatic rings. The van der Waals surface area contributed by atoms with Gasteiger partial charge in [0.25, 0.3) is 5.91 Å². The molecule has 3 N–H and O–H groups in total. The highest BCUT2D eigenvalue weighted by Gasteiger charge is 2.09. The molecular formula is C11H12IN3O2S. The molecule has 7 heteroatoms. The lowest BCUT2D eigenvalue weighted by molar-refractivity contribution is -0.119. The Hall–Kier alpha value is -1.22. The fourth-order valence-corrected chi connectivity index (χ4v) is 1.87. The molecule has 0 aromatic heterocycles. The van der Waals surface area contributed by atoms with E-state index in [0.29, 0.717) is 12.0 Å². The van der Waals surface area contributed by atoms with Crippen LogP contribution >= 0.6 is 34.8 Å². The molecule has 0 fully saturated rings. The number of benzene rings is 1. The van der Waals surface area contributed by atoms with Gasteiger partial charge in [-0.25, -0.2) is 0 Å². The fraction of sp³-hybridized carbons (Fsp3) is 0.182. The normalized spacial score (nSPS) is 9.44. The van der Waals surface area contributed by atoms with Gasteiger partial charge in [-0.2, -0.15) is 0 Å². The van der Waals surface area contributed by atoms with Crippen molar-refractivity contribution in [2.45, 2.75) is 13.3 Å². The molecule has 0 aliphatic heterocycles. The van der Waals surface area contributed by atoms with Gasteiger partial charge in [-0.3, -0.25) is 20.4 Å². The average molecular weight is 377 g/mol. The minimum atomic E-state index is -0.312. The van der Waals surface area contributed by atoms with Gasteiger partial charge in [-0.15, -0.1) is 0 Å². The number of thiocarbonyl (C=S) groups is 1. The molecule has 0 heterocycles. The van der Waals surface area contributed by atoms with Crippen molar-refractivity contribution in [3.63, 3.8) is 0 Å². The first-order valence-corrected chi connectivity index (χ1v) is 6.68. The predicted octanol–water partition coefficient (Wildman–Crippen LogP) is 1.34. The summed E-state index contributed by atoms with van der Waals surface area (Å²) in [6, 6.07) is 7.14. The second-order valence-corrected chi connectivity index (χ2v) is 4.86. The Labute approximate surface area is 124 Å². The van der Waals surface area contributed by atoms with Crippen LogP contribution in [-0.2, 0) is 4.79 Å². The third-order valence-electron chi connectivity index (χ3n) is 1.98. The summed E-state index contributed by atoms with van der Waals surface area (Å²) in [6.45, 7) is 1.71. The van der Waals surface area contributed by atoms with Gasteiger partial charge in [0.05, 0.1) is 5.56 Å². The van der Waals surface area contributed by atoms with Crippen LogP contribution in [0.5, 0.6) is 0 Å². The third-order valence-corrected chi connectivity index (χ3v) is 3.13. The Morgan fingerprint density at radius 2 is 1.94 bits per heavy atom. The Bertz CT molecular complexity index is 479. The molecule has 0 bridgehead atoms. The summed E-state index contributed by atoms with van der Waals surface area (Å²) in [5.41, 5.74) is 5.43. The maximum Gasteiger partial charge on any atom is 0.270 e. The summed E-state index contributed by atoms with van der Waals surface area (Å²) in [5, 5.41) is 2.49. The summed E-state index contributed by atoms with van der Waals surface area (Å²) in [4.78, 5) is 22.8. The Kier molecular flexibility index (Phi) is 5.99. The second kappa shape index (κ2) is 7.27. The Morgan fingerprint density at radius 3 is 2.56 bits per heavy atom. The number of rotatable bonds is 2. The minimum absolute atomic E-state index is 0.0705. The van der Waals surface area contributed by atoms with Crippen molar-refractivity contribution in [3.05, 3.63) is 33.4 Å². The molecule has 1 aromatic carbocycles. The van der Waals surface area contributed by atoms with Crippen molar-refractivity contribution in [1.82, 2.24) is 16.2 Å². The molecule has 1 rings (SSSR count). The molecule has 96 valence electrons. The van der Waals surface area contributed by atoms with Crippen molar-refractivity contribution in [3.8, 4) is 0 Å². The van der Waals surface area contributed by atoms with Gasteiger partial charge in [-0.05, 0) is 46.9 Å². The van der Waals surface area contributed by atoms with E-state index in [1.807, 2.05) is 12.1 Å². The topological polar surface area (TPSA) is 70.2 Å². The molecule has 2 amide bonds. The van der Waals surface area contributed by atoms with E-state index in [4.69, 9.17) is 12.2 Å². The highest BCUT2D eigenvalue weighted by Crippen LogP contribution is 2.10. The van der Waals surface area contributed by atoms with Crippen LogP contribution in [0.3, 0.4) is 0 Å². The number of hydrazine groups is 1. The van der Waals surface area contributed by atoms with Crippen LogP contribution in [0.4, 0.5) is 0 Å². The van der Waals surface area contributed by atoms with E-state index in [0.717, 1.165) is 3.57 Å². The monoisotopic (exact) mass is 377 g/mol. The molecule has 0 saturated heterocycles. The van der Waals surface area contributed by atoms with E-state index >= 15 is 0 Å². The van der Waals surface area contributed by atoms with Gasteiger partial charge in [-0.1, -0.05) is 19.1 Å². The number of amides is 2. The molecule has 18 heavy (non-hydrogen) atoms. The van der Waals surface area contributed by atoms with E-state index < -0.39 is 0 Å². The molecule has 0 aliphatic carbocycles. The maximum absolute atomic E-state index is 11.8. The van der Waals surface area contributed by atoms with Gasteiger partial charge in [0, 0.05) is 9.99 Å². The van der Waals surface area contributed by atoms with E-state index in [2.05, 4.69) is 38.8 Å². The summed E-state index contributed by atoms with van der Waals surface area (Å²) in [5.74, 6) is -0.524. The van der Waals surface area contributed by atoms with E-state index in [9.17, 15) is 9.59 Å². The van der Waals surface area contributed by atoms with E-state index in [1.165, 1.54) is 0 Å². The van der Waals surface area contributed by atoms with Crippen molar-refractivity contribution in [2.24, 2.45) is 0 Å². The van der Waals surface area contributed by atoms with E-state index in [-0.39, 0.29) is 16.9 Å². The summed E-state index contributed by atoms with van der Waals surface area (Å²) in [6.07, 6.45) is 0.326. The van der Waals surface area contributed by atoms with Crippen LogP contribution < -0.4 is 16.2 Å². The highest BCUT2D eigenvalue weighted by atomic mass is 127. The van der Waals surface area contributed by atoms with Gasteiger partial charge >= 0.3 is 0 Å². The average Bonchev–Trinajstić information content (AvgIpc) is 2.36. The first-order valence-electron chi connectivity index (χ1n) is 5.19. The SMILES string of the molecule is CCC(=O)NC(=S)NNC(=O)c1ccccc1I. The van der Waals surface area contributed by atoms with Gasteiger partial charge < -0.3 is 5.32 Å². The zero-order valence-electron chi connectivity index (χ0n) is 9.62. The number of hydrogen-bond acceptors (Lipinski definition) is 3. The molecule has 0 aliphatic rings. The summed E-state index contributed by atoms with van der Waals surface area (Å²) < 4.78 is 0.831. The lowest BCUT2D eigenvalue weighted by atomic mass is 10.2. The molecular weight excluding hydrogens is 365 g/mol. The van der Waals surface area contributed by atoms with Gasteiger partial charge in [0.1, 0.15) is 0 Å². The van der Waals surface area contributed by atoms with Crippen molar-refractivity contribution < 1.29 is 9.59 Å². The van der Waals surface area contributed by atoms with Crippen LogP contribution in [0.2, 0.25) is 0 Å². The highest BCUT2D eigenvalue weighted by molar-refractivity contribution is 14.1. The quantitative estimate of drug-likeness (QED) is 0.413. The largest absolute Gasteiger partial charge is 0.302 e. The smallest absolute Gasteiger partial charge is 0.270 e. The standard InChI is InChI=1S/C11H12IN3O2S/c1-2-9(16)13-11(18)15-14-10(17)7-5-3-4-6-8(7)12/h3-6H,2H2,1H3,(H,14,17)(H2,13,15,16,18). The molecule has 0 spiro atoms. The summed E-state index contributed by atoms with van der Waals surface area (Å²) in [7, 11) is 0. The molecule has 0 saturated carbocycles. The van der Waals surface area contributed by atoms with Crippen LogP contribution in [0.1, 0.15) is 23.7 Å². The van der Waals surface area contributed by atoms with Crippen LogP contribution in [0.15, 0.2) is 24.3 Å². The van der Waals surface area contributed by atoms with Crippen molar-refractivity contribution in [2.75, 3.05) is 0 Å². The van der Waals surface area contributed by atoms with Crippen molar-refractivity contribution >= 4 is 51.7 Å². The molecule has 5 nitrogen and oxygen atoms in total. The lowest BCUT2D eigenvalue weighted by Gasteiger charge is -2.10. The number of carbonyl (C=O) groups is 2. The Morgan fingerprint density at radius 1 is 1.28 bits per heavy atom. The Balaban J connectivity index is 2.50. The zero-order valence-corrected chi connectivity index (χ0v) is 12.6. The second-order valence-electron chi connectivity index (χ2n) is 3.29. The number of nitrogens with one attached hydrogen (secondary N) is 3. The zero-order chi connectivity index (χ0) is 13.5. The minimum Gasteiger partial charge on any atom is -0.302 e. The summed E-state index contributed by atoms with van der Waals surface area (Å²) >= 11 is 6.91. The third kappa shape index (κ3) is 4.57. The van der Waals surface area contributed by atoms with Gasteiger partial charge in [0.15, 0.2) is 5.11 Å². The maximum atomic E-state index is 11.8. The lowest BCUT2D eigenvalue weighted by Crippen LogP contribution is -2.48. The van der Waals surface area contributed by atoms with Gasteiger partial charge in [0.2, 0.25) is 5.91 Å². The van der Waals surface area contributed by atoms with E-state index in [1.54, 1.807) is 19.1 Å². The number of halogens is 1. The number of hydrogen-bond donors (Lipinski definition) is 3. The van der Waals surface area contributed by atoms with Crippen LogP contribution in [0, 0.1) is 3.57 Å². The number of carbonyl (C=O) groups excluding carboxylic acids is 2. The van der Waals surface area contributed by atoms with Crippen LogP contribution in [0.25, 0.3) is 0 Å². The molecule has 0 atom stereocenters. The van der Waals surface area contributed by atoms with Crippen LogP contribution in [-0.4, -0.2) is 16.9 Å².